The van der Waals surface area contributed by atoms with Crippen molar-refractivity contribution in [3.63, 3.8) is 0 Å². The van der Waals surface area contributed by atoms with Crippen LogP contribution in [0.3, 0.4) is 0 Å². The largest absolute Gasteiger partial charge is 0.264 e. The van der Waals surface area contributed by atoms with Crippen molar-refractivity contribution >= 4 is 15.9 Å². The lowest BCUT2D eigenvalue weighted by atomic mass is 9.98. The highest BCUT2D eigenvalue weighted by Gasteiger charge is 2.18. The lowest BCUT2D eigenvalue weighted by Gasteiger charge is -2.17. The average molecular weight is 325 g/mol. The van der Waals surface area contributed by atoms with Crippen LogP contribution >= 0.6 is 15.9 Å². The summed E-state index contributed by atoms with van der Waals surface area (Å²) in [7, 11) is 0. The number of hydrogen-bond acceptors (Lipinski definition) is 1. The Hall–Kier alpha value is -1.87. The van der Waals surface area contributed by atoms with E-state index in [2.05, 4.69) is 75.2 Å². The van der Waals surface area contributed by atoms with Gasteiger partial charge in [0.2, 0.25) is 0 Å². The van der Waals surface area contributed by atoms with E-state index in [9.17, 15) is 0 Å². The van der Waals surface area contributed by atoms with E-state index < -0.39 is 0 Å². The first-order valence-electron chi connectivity index (χ1n) is 6.73. The van der Waals surface area contributed by atoms with Crippen LogP contribution in [0.5, 0.6) is 0 Å². The van der Waals surface area contributed by atoms with Gasteiger partial charge in [-0.05, 0) is 30.2 Å². The van der Waals surface area contributed by atoms with Crippen LogP contribution in [0.15, 0.2) is 59.1 Å². The standard InChI is InChI=1S/C17H13BrN2/c18-14-7-5-13(6-8-14)16-11-17-15-4-2-1-3-12(15)9-10-20(17)19-16/h1-8,11H,9-10H2. The van der Waals surface area contributed by atoms with Crippen LogP contribution in [0.2, 0.25) is 0 Å². The first-order valence-corrected chi connectivity index (χ1v) is 7.53. The Labute approximate surface area is 126 Å². The highest BCUT2D eigenvalue weighted by Crippen LogP contribution is 2.32. The Morgan fingerprint density at radius 2 is 1.80 bits per heavy atom. The number of rotatable bonds is 1. The molecule has 0 radical (unpaired) electrons. The zero-order valence-electron chi connectivity index (χ0n) is 10.9. The number of benzene rings is 2. The number of aromatic nitrogens is 2. The van der Waals surface area contributed by atoms with E-state index in [1.807, 2.05) is 0 Å². The molecule has 0 N–H and O–H groups in total. The lowest BCUT2D eigenvalue weighted by molar-refractivity contribution is 0.609. The van der Waals surface area contributed by atoms with Crippen LogP contribution in [0.4, 0.5) is 0 Å². The van der Waals surface area contributed by atoms with Crippen molar-refractivity contribution in [2.45, 2.75) is 13.0 Å². The molecule has 1 aliphatic heterocycles. The predicted molar refractivity (Wildman–Crippen MR) is 84.5 cm³/mol. The van der Waals surface area contributed by atoms with Crippen molar-refractivity contribution < 1.29 is 0 Å². The molecule has 1 aliphatic rings. The van der Waals surface area contributed by atoms with Gasteiger partial charge in [-0.1, -0.05) is 52.3 Å². The molecule has 0 unspecified atom stereocenters. The molecule has 3 aromatic rings. The Morgan fingerprint density at radius 3 is 2.65 bits per heavy atom. The molecule has 2 aromatic carbocycles. The number of halogens is 1. The van der Waals surface area contributed by atoms with E-state index in [0.29, 0.717) is 0 Å². The Balaban J connectivity index is 1.84. The normalized spacial score (nSPS) is 12.8. The van der Waals surface area contributed by atoms with E-state index in [0.717, 1.165) is 28.7 Å². The van der Waals surface area contributed by atoms with Crippen LogP contribution < -0.4 is 0 Å². The second-order valence-electron chi connectivity index (χ2n) is 5.05. The summed E-state index contributed by atoms with van der Waals surface area (Å²) in [5, 5.41) is 4.75. The summed E-state index contributed by atoms with van der Waals surface area (Å²) < 4.78 is 3.22. The van der Waals surface area contributed by atoms with Crippen LogP contribution in [-0.2, 0) is 13.0 Å². The van der Waals surface area contributed by atoms with Gasteiger partial charge in [0.25, 0.3) is 0 Å². The van der Waals surface area contributed by atoms with E-state index in [-0.39, 0.29) is 0 Å². The van der Waals surface area contributed by atoms with Crippen LogP contribution in [0.25, 0.3) is 22.5 Å². The molecule has 4 rings (SSSR count). The second kappa shape index (κ2) is 4.60. The van der Waals surface area contributed by atoms with Crippen molar-refractivity contribution in [3.05, 3.63) is 64.6 Å². The number of hydrogen-bond donors (Lipinski definition) is 0. The zero-order chi connectivity index (χ0) is 13.5. The number of nitrogens with zero attached hydrogens (tertiary/aromatic N) is 2. The smallest absolute Gasteiger partial charge is 0.0929 e. The topological polar surface area (TPSA) is 17.8 Å². The van der Waals surface area contributed by atoms with E-state index in [1.54, 1.807) is 0 Å². The molecule has 98 valence electrons. The Bertz CT molecular complexity index is 772. The molecule has 0 aliphatic carbocycles. The van der Waals surface area contributed by atoms with Gasteiger partial charge in [0.1, 0.15) is 0 Å². The number of fused-ring (bicyclic) bond motifs is 3. The third-order valence-electron chi connectivity index (χ3n) is 3.81. The minimum absolute atomic E-state index is 0.961. The van der Waals surface area contributed by atoms with Gasteiger partial charge in [0.05, 0.1) is 11.4 Å². The molecule has 0 atom stereocenters. The van der Waals surface area contributed by atoms with Crippen molar-refractivity contribution in [1.82, 2.24) is 9.78 Å². The summed E-state index contributed by atoms with van der Waals surface area (Å²) in [6.45, 7) is 0.961. The summed E-state index contributed by atoms with van der Waals surface area (Å²) in [5.41, 5.74) is 6.17. The van der Waals surface area contributed by atoms with Crippen molar-refractivity contribution in [2.75, 3.05) is 0 Å². The Kier molecular flexibility index (Phi) is 2.74. The molecule has 0 saturated heterocycles. The van der Waals surface area contributed by atoms with Crippen molar-refractivity contribution in [3.8, 4) is 22.5 Å². The minimum Gasteiger partial charge on any atom is -0.264 e. The van der Waals surface area contributed by atoms with Crippen molar-refractivity contribution in [2.24, 2.45) is 0 Å². The summed E-state index contributed by atoms with van der Waals surface area (Å²) in [4.78, 5) is 0. The molecular weight excluding hydrogens is 312 g/mol. The molecule has 0 fully saturated rings. The maximum atomic E-state index is 4.75. The van der Waals surface area contributed by atoms with Gasteiger partial charge in [-0.25, -0.2) is 0 Å². The first-order chi connectivity index (χ1) is 9.81. The van der Waals surface area contributed by atoms with Gasteiger partial charge in [0, 0.05) is 22.1 Å². The molecule has 1 aromatic heterocycles. The zero-order valence-corrected chi connectivity index (χ0v) is 12.5. The first kappa shape index (κ1) is 11.9. The molecule has 0 saturated carbocycles. The van der Waals surface area contributed by atoms with Crippen molar-refractivity contribution in [1.29, 1.82) is 0 Å². The third-order valence-corrected chi connectivity index (χ3v) is 4.33. The fourth-order valence-electron chi connectivity index (χ4n) is 2.78. The van der Waals surface area contributed by atoms with E-state index in [1.165, 1.54) is 16.8 Å². The van der Waals surface area contributed by atoms with E-state index >= 15 is 0 Å². The second-order valence-corrected chi connectivity index (χ2v) is 5.97. The highest BCUT2D eigenvalue weighted by atomic mass is 79.9. The monoisotopic (exact) mass is 324 g/mol. The summed E-state index contributed by atoms with van der Waals surface area (Å²) in [6, 6.07) is 19.1. The molecule has 2 heterocycles. The SMILES string of the molecule is Brc1ccc(-c2cc3n(n2)CCc2ccccc2-3)cc1. The quantitative estimate of drug-likeness (QED) is 0.642. The molecule has 0 spiro atoms. The maximum absolute atomic E-state index is 4.75. The predicted octanol–water partition coefficient (Wildman–Crippen LogP) is 4.54. The maximum Gasteiger partial charge on any atom is 0.0929 e. The van der Waals surface area contributed by atoms with Gasteiger partial charge in [0.15, 0.2) is 0 Å². The van der Waals surface area contributed by atoms with Gasteiger partial charge < -0.3 is 0 Å². The van der Waals surface area contributed by atoms with Crippen LogP contribution in [0.1, 0.15) is 5.56 Å². The third kappa shape index (κ3) is 1.90. The fraction of sp³-hybridized carbons (Fsp3) is 0.118. The number of aryl methyl sites for hydroxylation is 2. The molecule has 0 amide bonds. The molecule has 2 nitrogen and oxygen atoms in total. The summed E-state index contributed by atoms with van der Waals surface area (Å²) in [5.74, 6) is 0. The summed E-state index contributed by atoms with van der Waals surface area (Å²) in [6.07, 6.45) is 1.06. The summed E-state index contributed by atoms with van der Waals surface area (Å²) >= 11 is 3.47. The molecule has 20 heavy (non-hydrogen) atoms. The van der Waals surface area contributed by atoms with Crippen LogP contribution in [0, 0.1) is 0 Å². The minimum atomic E-state index is 0.961. The van der Waals surface area contributed by atoms with Crippen LogP contribution in [-0.4, -0.2) is 9.78 Å². The van der Waals surface area contributed by atoms with Gasteiger partial charge >= 0.3 is 0 Å². The van der Waals surface area contributed by atoms with Gasteiger partial charge in [-0.15, -0.1) is 0 Å². The lowest BCUT2D eigenvalue weighted by Crippen LogP contribution is -2.11. The molecular formula is C17H13BrN2. The van der Waals surface area contributed by atoms with Gasteiger partial charge in [-0.3, -0.25) is 4.68 Å². The van der Waals surface area contributed by atoms with E-state index in [4.69, 9.17) is 5.10 Å². The molecule has 3 heteroatoms. The Morgan fingerprint density at radius 1 is 1.00 bits per heavy atom. The average Bonchev–Trinajstić information content (AvgIpc) is 2.92. The highest BCUT2D eigenvalue weighted by molar-refractivity contribution is 9.10. The van der Waals surface area contributed by atoms with Gasteiger partial charge in [-0.2, -0.15) is 5.10 Å². The molecule has 0 bridgehead atoms. The fourth-order valence-corrected chi connectivity index (χ4v) is 3.04.